The number of hydrogen-bond donors (Lipinski definition) is 4. The number of fused-ring (bicyclic) bond motifs is 2. The molecule has 0 saturated carbocycles. The van der Waals surface area contributed by atoms with Crippen molar-refractivity contribution in [3.63, 3.8) is 0 Å². The Morgan fingerprint density at radius 2 is 1.77 bits per heavy atom. The van der Waals surface area contributed by atoms with Gasteiger partial charge in [-0.05, 0) is 84.7 Å². The molecule has 1 fully saturated rings. The number of nitrogens with two attached hydrogens (primary N) is 1. The highest BCUT2D eigenvalue weighted by atomic mass is 32.2. The molecule has 0 unspecified atom stereocenters. The molecule has 2 aliphatic rings. The molecule has 9 nitrogen and oxygen atoms in total. The van der Waals surface area contributed by atoms with Crippen LogP contribution in [-0.2, 0) is 27.8 Å². The van der Waals surface area contributed by atoms with E-state index in [9.17, 15) is 26.4 Å². The molecule has 2 aliphatic heterocycles. The zero-order chi connectivity index (χ0) is 29.2. The molecular formula is C27H31F3N4O5S. The highest BCUT2D eigenvalue weighted by Gasteiger charge is 2.38. The summed E-state index contributed by atoms with van der Waals surface area (Å²) in [7, 11) is -3.17. The minimum atomic E-state index is -5.08. The predicted molar refractivity (Wildman–Crippen MR) is 144 cm³/mol. The van der Waals surface area contributed by atoms with Gasteiger partial charge in [-0.2, -0.15) is 13.2 Å². The predicted octanol–water partition coefficient (Wildman–Crippen LogP) is 3.74. The van der Waals surface area contributed by atoms with Crippen LogP contribution in [0, 0.1) is 0 Å². The number of rotatable bonds is 5. The van der Waals surface area contributed by atoms with Crippen LogP contribution in [0.5, 0.6) is 0 Å². The number of nitrogens with one attached hydrogen (secondary N) is 2. The van der Waals surface area contributed by atoms with E-state index < -0.39 is 28.1 Å². The van der Waals surface area contributed by atoms with Crippen molar-refractivity contribution in [2.75, 3.05) is 25.4 Å². The van der Waals surface area contributed by atoms with Gasteiger partial charge in [0.05, 0.1) is 16.8 Å². The molecule has 2 aromatic carbocycles. The molecule has 1 aromatic heterocycles. The molecule has 3 heterocycles. The van der Waals surface area contributed by atoms with Crippen LogP contribution in [0.2, 0.25) is 0 Å². The second kappa shape index (κ2) is 11.6. The maximum absolute atomic E-state index is 12.3. The normalized spacial score (nSPS) is 16.7. The number of carboxylic acids is 1. The number of benzene rings is 2. The van der Waals surface area contributed by atoms with E-state index in [2.05, 4.69) is 34.6 Å². The number of carboxylic acid groups (broad SMARTS) is 1. The van der Waals surface area contributed by atoms with E-state index in [0.29, 0.717) is 18.7 Å². The number of aromatic amines is 1. The Labute approximate surface area is 229 Å². The summed E-state index contributed by atoms with van der Waals surface area (Å²) in [6, 6.07) is 10.5. The van der Waals surface area contributed by atoms with Crippen molar-refractivity contribution >= 4 is 32.8 Å². The van der Waals surface area contributed by atoms with Gasteiger partial charge in [0.15, 0.2) is 0 Å². The molecule has 0 bridgehead atoms. The number of sulfonamides is 1. The van der Waals surface area contributed by atoms with E-state index >= 15 is 0 Å². The van der Waals surface area contributed by atoms with Crippen LogP contribution in [0.4, 0.5) is 13.2 Å². The number of primary amides is 1. The molecule has 0 atom stereocenters. The third kappa shape index (κ3) is 6.31. The van der Waals surface area contributed by atoms with Crippen molar-refractivity contribution in [2.45, 2.75) is 44.8 Å². The number of halogens is 3. The van der Waals surface area contributed by atoms with Crippen LogP contribution < -0.4 is 11.1 Å². The number of alkyl halides is 3. The van der Waals surface area contributed by atoms with Crippen LogP contribution in [0.3, 0.4) is 0 Å². The number of H-pyrrole nitrogens is 1. The lowest BCUT2D eigenvalue weighted by Crippen LogP contribution is -2.38. The van der Waals surface area contributed by atoms with Gasteiger partial charge in [-0.15, -0.1) is 0 Å². The molecule has 40 heavy (non-hydrogen) atoms. The van der Waals surface area contributed by atoms with Crippen molar-refractivity contribution in [3.8, 4) is 11.1 Å². The van der Waals surface area contributed by atoms with Crippen molar-refractivity contribution in [2.24, 2.45) is 5.73 Å². The summed E-state index contributed by atoms with van der Waals surface area (Å²) in [4.78, 5) is 24.5. The van der Waals surface area contributed by atoms with E-state index in [-0.39, 0.29) is 11.7 Å². The van der Waals surface area contributed by atoms with E-state index in [1.807, 2.05) is 12.3 Å². The lowest BCUT2D eigenvalue weighted by atomic mass is 9.88. The van der Waals surface area contributed by atoms with Gasteiger partial charge in [-0.3, -0.25) is 4.79 Å². The maximum Gasteiger partial charge on any atom is 0.490 e. The summed E-state index contributed by atoms with van der Waals surface area (Å²) in [5, 5.41) is 11.5. The fourth-order valence-electron chi connectivity index (χ4n) is 5.24. The zero-order valence-corrected chi connectivity index (χ0v) is 22.7. The average molecular weight is 581 g/mol. The maximum atomic E-state index is 12.3. The Hall–Kier alpha value is -3.42. The summed E-state index contributed by atoms with van der Waals surface area (Å²) in [6.07, 6.45) is -0.582. The van der Waals surface area contributed by atoms with Crippen molar-refractivity contribution < 1.29 is 36.3 Å². The number of aliphatic carboxylic acids is 1. The Bertz CT molecular complexity index is 1530. The molecule has 3 aromatic rings. The SMILES string of the molecule is CCS(=O)(=O)N1CCC(c2c[nH]c3c(C(N)=O)cc(-c4ccc5c(c4)CNCC5)cc23)CC1.O=C(O)C(F)(F)F. The number of piperidine rings is 1. The number of carbonyl (C=O) groups is 2. The van der Waals surface area contributed by atoms with Gasteiger partial charge >= 0.3 is 12.1 Å². The Balaban J connectivity index is 0.000000470. The second-order valence-corrected chi connectivity index (χ2v) is 12.1. The number of carbonyl (C=O) groups excluding carboxylic acids is 1. The van der Waals surface area contributed by atoms with Crippen LogP contribution in [0.15, 0.2) is 36.5 Å². The average Bonchev–Trinajstić information content (AvgIpc) is 3.36. The molecule has 13 heteroatoms. The Morgan fingerprint density at radius 3 is 2.38 bits per heavy atom. The molecule has 5 rings (SSSR count). The lowest BCUT2D eigenvalue weighted by molar-refractivity contribution is -0.192. The van der Waals surface area contributed by atoms with Crippen molar-refractivity contribution in [3.05, 3.63) is 58.8 Å². The minimum absolute atomic E-state index is 0.131. The first-order valence-corrected chi connectivity index (χ1v) is 14.5. The van der Waals surface area contributed by atoms with E-state index in [1.165, 1.54) is 11.1 Å². The first kappa shape index (κ1) is 29.6. The fraction of sp³-hybridized carbons (Fsp3) is 0.407. The van der Waals surface area contributed by atoms with E-state index in [0.717, 1.165) is 59.9 Å². The summed E-state index contributed by atoms with van der Waals surface area (Å²) in [5.74, 6) is -2.86. The van der Waals surface area contributed by atoms with Gasteiger partial charge in [-0.1, -0.05) is 12.1 Å². The summed E-state index contributed by atoms with van der Waals surface area (Å²) in [6.45, 7) is 4.57. The number of amides is 1. The molecule has 0 aliphatic carbocycles. The van der Waals surface area contributed by atoms with Gasteiger partial charge in [0.2, 0.25) is 10.0 Å². The Kier molecular flexibility index (Phi) is 8.57. The fourth-order valence-corrected chi connectivity index (χ4v) is 6.37. The third-order valence-corrected chi connectivity index (χ3v) is 9.29. The van der Waals surface area contributed by atoms with Crippen LogP contribution in [0.1, 0.15) is 52.7 Å². The highest BCUT2D eigenvalue weighted by molar-refractivity contribution is 7.89. The first-order chi connectivity index (χ1) is 18.8. The molecule has 1 amide bonds. The number of aromatic nitrogens is 1. The zero-order valence-electron chi connectivity index (χ0n) is 21.8. The number of nitrogens with zero attached hydrogens (tertiary/aromatic N) is 1. The highest BCUT2D eigenvalue weighted by Crippen LogP contribution is 2.37. The quantitative estimate of drug-likeness (QED) is 0.362. The lowest BCUT2D eigenvalue weighted by Gasteiger charge is -2.31. The monoisotopic (exact) mass is 580 g/mol. The topological polar surface area (TPSA) is 146 Å². The summed E-state index contributed by atoms with van der Waals surface area (Å²) in [5.41, 5.74) is 12.8. The van der Waals surface area contributed by atoms with Crippen molar-refractivity contribution in [1.29, 1.82) is 0 Å². The van der Waals surface area contributed by atoms with Gasteiger partial charge in [0.25, 0.3) is 5.91 Å². The molecule has 1 saturated heterocycles. The molecule has 216 valence electrons. The molecule has 5 N–H and O–H groups in total. The van der Waals surface area contributed by atoms with Crippen LogP contribution in [-0.4, -0.2) is 66.3 Å². The Morgan fingerprint density at radius 1 is 1.10 bits per heavy atom. The van der Waals surface area contributed by atoms with E-state index in [4.69, 9.17) is 15.6 Å². The van der Waals surface area contributed by atoms with Gasteiger partial charge in [-0.25, -0.2) is 17.5 Å². The summed E-state index contributed by atoms with van der Waals surface area (Å²) >= 11 is 0. The molecule has 0 radical (unpaired) electrons. The van der Waals surface area contributed by atoms with Gasteiger partial charge < -0.3 is 21.1 Å². The molecule has 0 spiro atoms. The number of hydrogen-bond acceptors (Lipinski definition) is 5. The van der Waals surface area contributed by atoms with Crippen molar-refractivity contribution in [1.82, 2.24) is 14.6 Å². The smallest absolute Gasteiger partial charge is 0.475 e. The molecular weight excluding hydrogens is 549 g/mol. The van der Waals surface area contributed by atoms with Crippen LogP contribution in [0.25, 0.3) is 22.0 Å². The van der Waals surface area contributed by atoms with Gasteiger partial charge in [0.1, 0.15) is 0 Å². The summed E-state index contributed by atoms with van der Waals surface area (Å²) < 4.78 is 57.8. The van der Waals surface area contributed by atoms with E-state index in [1.54, 1.807) is 11.2 Å². The van der Waals surface area contributed by atoms with Gasteiger partial charge in [0, 0.05) is 31.2 Å². The third-order valence-electron chi connectivity index (χ3n) is 7.41. The second-order valence-electron chi connectivity index (χ2n) is 9.84. The first-order valence-electron chi connectivity index (χ1n) is 12.9. The van der Waals surface area contributed by atoms with Crippen LogP contribution >= 0.6 is 0 Å². The largest absolute Gasteiger partial charge is 0.490 e. The minimum Gasteiger partial charge on any atom is -0.475 e. The standard InChI is InChI=1S/C25H30N4O3S.C2HF3O2/c1-2-33(31,32)29-9-6-17(7-10-29)23-15-28-24-21(23)12-19(13-22(24)25(26)30)18-4-3-16-5-8-27-14-20(16)11-18;3-2(4,5)1(6)7/h3-4,11-13,15,17,27-28H,2,5-10,14H2,1H3,(H2,26,30);(H,6,7).